The molecule has 0 spiro atoms. The van der Waals surface area contributed by atoms with Gasteiger partial charge in [-0.25, -0.2) is 0 Å². The van der Waals surface area contributed by atoms with E-state index in [1.165, 1.54) is 19.3 Å². The number of nitrogens with one attached hydrogen (secondary N) is 1. The minimum Gasteiger partial charge on any atom is -0.484 e. The molecule has 2 fully saturated rings. The molecule has 0 unspecified atom stereocenters. The number of fused-ring (bicyclic) bond motifs is 2. The van der Waals surface area contributed by atoms with Crippen molar-refractivity contribution in [3.05, 3.63) is 29.3 Å². The van der Waals surface area contributed by atoms with Gasteiger partial charge < -0.3 is 10.1 Å². The number of ether oxygens (including phenoxy) is 1. The second-order valence-corrected chi connectivity index (χ2v) is 6.03. The van der Waals surface area contributed by atoms with Gasteiger partial charge >= 0.3 is 0 Å². The third kappa shape index (κ3) is 3.03. The summed E-state index contributed by atoms with van der Waals surface area (Å²) in [6.07, 6.45) is 5.06. The van der Waals surface area contributed by atoms with Gasteiger partial charge in [0, 0.05) is 11.1 Å². The summed E-state index contributed by atoms with van der Waals surface area (Å²) in [7, 11) is 0. The van der Waals surface area contributed by atoms with Crippen molar-refractivity contribution in [2.45, 2.75) is 31.7 Å². The van der Waals surface area contributed by atoms with Crippen LogP contribution in [-0.4, -0.2) is 18.6 Å². The molecule has 1 N–H and O–H groups in total. The molecule has 0 saturated heterocycles. The Labute approximate surface area is 118 Å². The molecule has 2 aliphatic carbocycles. The van der Waals surface area contributed by atoms with Crippen LogP contribution in [0.4, 0.5) is 0 Å². The van der Waals surface area contributed by atoms with Crippen molar-refractivity contribution in [3.8, 4) is 5.75 Å². The van der Waals surface area contributed by atoms with Crippen LogP contribution in [0.5, 0.6) is 5.75 Å². The Morgan fingerprint density at radius 2 is 2.05 bits per heavy atom. The summed E-state index contributed by atoms with van der Waals surface area (Å²) in [6, 6.07) is 7.43. The molecule has 0 heterocycles. The van der Waals surface area contributed by atoms with E-state index in [9.17, 15) is 4.79 Å². The summed E-state index contributed by atoms with van der Waals surface area (Å²) < 4.78 is 5.44. The Morgan fingerprint density at radius 3 is 2.68 bits per heavy atom. The fraction of sp³-hybridized carbons (Fsp3) is 0.533. The lowest BCUT2D eigenvalue weighted by atomic mass is 9.95. The van der Waals surface area contributed by atoms with Gasteiger partial charge in [-0.05, 0) is 55.4 Å². The molecule has 2 bridgehead atoms. The van der Waals surface area contributed by atoms with E-state index >= 15 is 0 Å². The van der Waals surface area contributed by atoms with Crippen molar-refractivity contribution in [1.82, 2.24) is 5.32 Å². The third-order valence-electron chi connectivity index (χ3n) is 4.27. The van der Waals surface area contributed by atoms with Crippen LogP contribution in [0.2, 0.25) is 5.02 Å². The van der Waals surface area contributed by atoms with E-state index in [1.54, 1.807) is 24.3 Å². The van der Waals surface area contributed by atoms with Gasteiger partial charge in [0.25, 0.3) is 5.91 Å². The summed E-state index contributed by atoms with van der Waals surface area (Å²) in [4.78, 5) is 11.9. The van der Waals surface area contributed by atoms with Crippen LogP contribution in [0.15, 0.2) is 24.3 Å². The molecule has 19 heavy (non-hydrogen) atoms. The molecule has 0 radical (unpaired) electrons. The molecule has 102 valence electrons. The number of hydrogen-bond donors (Lipinski definition) is 1. The van der Waals surface area contributed by atoms with Crippen molar-refractivity contribution in [2.75, 3.05) is 6.61 Å². The molecule has 4 heteroatoms. The summed E-state index contributed by atoms with van der Waals surface area (Å²) in [6.45, 7) is 0.0789. The largest absolute Gasteiger partial charge is 0.484 e. The highest BCUT2D eigenvalue weighted by Gasteiger charge is 2.40. The van der Waals surface area contributed by atoms with E-state index in [1.807, 2.05) is 0 Å². The third-order valence-corrected chi connectivity index (χ3v) is 4.52. The minimum absolute atomic E-state index is 0.0208. The molecule has 1 aromatic carbocycles. The van der Waals surface area contributed by atoms with E-state index in [-0.39, 0.29) is 12.5 Å². The molecule has 2 saturated carbocycles. The number of hydrogen-bond acceptors (Lipinski definition) is 2. The number of carbonyl (C=O) groups is 1. The number of rotatable bonds is 4. The van der Waals surface area contributed by atoms with Crippen molar-refractivity contribution >= 4 is 17.5 Å². The van der Waals surface area contributed by atoms with E-state index in [0.717, 1.165) is 12.3 Å². The van der Waals surface area contributed by atoms with E-state index < -0.39 is 0 Å². The molecule has 1 aromatic rings. The number of benzene rings is 1. The van der Waals surface area contributed by atoms with Crippen LogP contribution >= 0.6 is 11.6 Å². The van der Waals surface area contributed by atoms with Crippen molar-refractivity contribution < 1.29 is 9.53 Å². The lowest BCUT2D eigenvalue weighted by Crippen LogP contribution is -2.40. The Kier molecular flexibility index (Phi) is 3.65. The molecule has 0 aliphatic heterocycles. The maximum absolute atomic E-state index is 11.9. The van der Waals surface area contributed by atoms with Gasteiger partial charge in [0.2, 0.25) is 0 Å². The molecule has 0 aromatic heterocycles. The highest BCUT2D eigenvalue weighted by Crippen LogP contribution is 2.44. The zero-order valence-corrected chi connectivity index (χ0v) is 11.5. The topological polar surface area (TPSA) is 38.3 Å². The molecular weight excluding hydrogens is 262 g/mol. The van der Waals surface area contributed by atoms with Gasteiger partial charge in [-0.15, -0.1) is 0 Å². The molecule has 2 aliphatic rings. The predicted octanol–water partition coefficient (Wildman–Crippen LogP) is 3.02. The molecule has 3 atom stereocenters. The van der Waals surface area contributed by atoms with E-state index in [4.69, 9.17) is 16.3 Å². The van der Waals surface area contributed by atoms with Crippen molar-refractivity contribution in [1.29, 1.82) is 0 Å². The zero-order valence-electron chi connectivity index (χ0n) is 10.8. The summed E-state index contributed by atoms with van der Waals surface area (Å²) >= 11 is 5.79. The average Bonchev–Trinajstić information content (AvgIpc) is 3.00. The van der Waals surface area contributed by atoms with Crippen LogP contribution in [-0.2, 0) is 4.79 Å². The second kappa shape index (κ2) is 5.41. The Hall–Kier alpha value is -1.22. The fourth-order valence-corrected chi connectivity index (χ4v) is 3.48. The number of carbonyl (C=O) groups excluding carboxylic acids is 1. The Balaban J connectivity index is 1.45. The highest BCUT2D eigenvalue weighted by molar-refractivity contribution is 6.30. The minimum atomic E-state index is -0.0208. The van der Waals surface area contributed by atoms with Crippen LogP contribution in [0.1, 0.15) is 25.7 Å². The fourth-order valence-electron chi connectivity index (χ4n) is 3.35. The normalized spacial score (nSPS) is 28.4. The molecular formula is C15H18ClNO2. The second-order valence-electron chi connectivity index (χ2n) is 5.59. The Bertz CT molecular complexity index is 460. The van der Waals surface area contributed by atoms with Crippen LogP contribution in [0.25, 0.3) is 0 Å². The highest BCUT2D eigenvalue weighted by atomic mass is 35.5. The van der Waals surface area contributed by atoms with E-state index in [0.29, 0.717) is 22.7 Å². The predicted molar refractivity (Wildman–Crippen MR) is 74.3 cm³/mol. The summed E-state index contributed by atoms with van der Waals surface area (Å²) in [5, 5.41) is 3.77. The summed E-state index contributed by atoms with van der Waals surface area (Å²) in [5.74, 6) is 2.19. The first-order valence-corrected chi connectivity index (χ1v) is 7.26. The van der Waals surface area contributed by atoms with Gasteiger partial charge in [0.1, 0.15) is 5.75 Å². The Morgan fingerprint density at radius 1 is 1.26 bits per heavy atom. The molecule has 3 nitrogen and oxygen atoms in total. The van der Waals surface area contributed by atoms with Gasteiger partial charge in [-0.1, -0.05) is 18.0 Å². The first-order valence-electron chi connectivity index (χ1n) is 6.88. The van der Waals surface area contributed by atoms with Crippen molar-refractivity contribution in [2.24, 2.45) is 11.8 Å². The average molecular weight is 280 g/mol. The maximum atomic E-state index is 11.9. The number of halogens is 1. The summed E-state index contributed by atoms with van der Waals surface area (Å²) in [5.41, 5.74) is 0. The monoisotopic (exact) mass is 279 g/mol. The number of amides is 1. The van der Waals surface area contributed by atoms with E-state index in [2.05, 4.69) is 5.32 Å². The van der Waals surface area contributed by atoms with Gasteiger partial charge in [-0.2, -0.15) is 0 Å². The quantitative estimate of drug-likeness (QED) is 0.920. The first kappa shape index (κ1) is 12.8. The molecule has 3 rings (SSSR count). The lowest BCUT2D eigenvalue weighted by molar-refractivity contribution is -0.124. The standard InChI is InChI=1S/C15H18ClNO2/c16-12-3-5-13(6-4-12)19-9-15(18)17-14-8-10-1-2-11(14)7-10/h3-6,10-11,14H,1-2,7-9H2,(H,17,18)/t10-,11+,14+/m0/s1. The van der Waals surface area contributed by atoms with Crippen LogP contribution < -0.4 is 10.1 Å². The maximum Gasteiger partial charge on any atom is 0.258 e. The smallest absolute Gasteiger partial charge is 0.258 e. The van der Waals surface area contributed by atoms with Gasteiger partial charge in [0.05, 0.1) is 0 Å². The van der Waals surface area contributed by atoms with Crippen LogP contribution in [0.3, 0.4) is 0 Å². The van der Waals surface area contributed by atoms with Crippen molar-refractivity contribution in [3.63, 3.8) is 0 Å². The lowest BCUT2D eigenvalue weighted by Gasteiger charge is -2.22. The zero-order chi connectivity index (χ0) is 13.2. The van der Waals surface area contributed by atoms with Gasteiger partial charge in [-0.3, -0.25) is 4.79 Å². The SMILES string of the molecule is O=C(COc1ccc(Cl)cc1)N[C@@H]1C[C@H]2CC[C@@H]1C2. The molecule has 1 amide bonds. The first-order chi connectivity index (χ1) is 9.20. The van der Waals surface area contributed by atoms with Gasteiger partial charge in [0.15, 0.2) is 6.61 Å². The van der Waals surface area contributed by atoms with Crippen LogP contribution in [0, 0.1) is 11.8 Å².